The van der Waals surface area contributed by atoms with Gasteiger partial charge in [0.05, 0.1) is 15.6 Å². The molecule has 0 aromatic heterocycles. The van der Waals surface area contributed by atoms with Gasteiger partial charge in [0.25, 0.3) is 5.91 Å². The molecule has 2 aliphatic rings. The molecular formula is C15H14N2OS3. The quantitative estimate of drug-likeness (QED) is 0.575. The Labute approximate surface area is 138 Å². The zero-order chi connectivity index (χ0) is 15.1. The van der Waals surface area contributed by atoms with Crippen molar-refractivity contribution in [2.45, 2.75) is 11.8 Å². The number of benzene rings is 1. The summed E-state index contributed by atoms with van der Waals surface area (Å²) in [4.78, 5) is 17.6. The summed E-state index contributed by atoms with van der Waals surface area (Å²) < 4.78 is 0.608. The summed E-state index contributed by atoms with van der Waals surface area (Å²) in [5.41, 5.74) is 2.50. The van der Waals surface area contributed by atoms with E-state index in [1.165, 1.54) is 32.8 Å². The second-order valence-corrected chi connectivity index (χ2v) is 7.59. The highest BCUT2D eigenvalue weighted by Crippen LogP contribution is 2.46. The fourth-order valence-electron chi connectivity index (χ4n) is 2.29. The molecule has 0 aliphatic carbocycles. The lowest BCUT2D eigenvalue weighted by atomic mass is 10.2. The summed E-state index contributed by atoms with van der Waals surface area (Å²) in [6.45, 7) is 2.11. The van der Waals surface area contributed by atoms with Crippen molar-refractivity contribution in [2.24, 2.45) is 0 Å². The van der Waals surface area contributed by atoms with Gasteiger partial charge in [-0.2, -0.15) is 0 Å². The molecular weight excluding hydrogens is 320 g/mol. The lowest BCUT2D eigenvalue weighted by Crippen LogP contribution is -2.22. The Hall–Kier alpha value is -1.24. The van der Waals surface area contributed by atoms with E-state index in [9.17, 15) is 4.79 Å². The van der Waals surface area contributed by atoms with E-state index in [0.29, 0.717) is 9.23 Å². The number of carbonyl (C=O) groups is 1. The molecule has 0 unspecified atom stereocenters. The predicted octanol–water partition coefficient (Wildman–Crippen LogP) is 3.75. The Bertz CT molecular complexity index is 709. The van der Waals surface area contributed by atoms with Crippen molar-refractivity contribution in [3.05, 3.63) is 45.8 Å². The molecule has 1 fully saturated rings. The van der Waals surface area contributed by atoms with Gasteiger partial charge in [-0.15, -0.1) is 0 Å². The maximum absolute atomic E-state index is 12.0. The number of thioether (sulfide) groups is 2. The lowest BCUT2D eigenvalue weighted by molar-refractivity contribution is -0.121. The number of hydrogen-bond donors (Lipinski definition) is 0. The molecule has 3 nitrogen and oxygen atoms in total. The predicted molar refractivity (Wildman–Crippen MR) is 94.6 cm³/mol. The van der Waals surface area contributed by atoms with Crippen LogP contribution in [0.2, 0.25) is 0 Å². The first-order chi connectivity index (χ1) is 9.99. The van der Waals surface area contributed by atoms with Crippen molar-refractivity contribution in [3.63, 3.8) is 0 Å². The number of amides is 1. The first-order valence-corrected chi connectivity index (χ1v) is 8.46. The molecule has 0 atom stereocenters. The molecule has 1 amide bonds. The van der Waals surface area contributed by atoms with Crippen molar-refractivity contribution in [1.29, 1.82) is 0 Å². The van der Waals surface area contributed by atoms with Gasteiger partial charge in [-0.1, -0.05) is 47.9 Å². The largest absolute Gasteiger partial charge is 0.338 e. The van der Waals surface area contributed by atoms with Gasteiger partial charge < -0.3 is 4.90 Å². The number of allylic oxidation sites excluding steroid dienone is 2. The molecule has 0 radical (unpaired) electrons. The number of para-hydroxylation sites is 1. The van der Waals surface area contributed by atoms with Crippen molar-refractivity contribution in [1.82, 2.24) is 4.90 Å². The van der Waals surface area contributed by atoms with Crippen LogP contribution in [0, 0.1) is 6.92 Å². The van der Waals surface area contributed by atoms with Crippen LogP contribution in [0.1, 0.15) is 5.56 Å². The highest BCUT2D eigenvalue weighted by Gasteiger charge is 2.29. The topological polar surface area (TPSA) is 23.6 Å². The minimum Gasteiger partial charge on any atom is -0.338 e. The van der Waals surface area contributed by atoms with Crippen molar-refractivity contribution < 1.29 is 4.79 Å². The summed E-state index contributed by atoms with van der Waals surface area (Å²) in [5.74, 6) is -0.0267. The molecule has 0 saturated carbocycles. The van der Waals surface area contributed by atoms with Gasteiger partial charge in [-0.05, 0) is 30.7 Å². The van der Waals surface area contributed by atoms with E-state index in [2.05, 4.69) is 37.1 Å². The van der Waals surface area contributed by atoms with Gasteiger partial charge in [-0.3, -0.25) is 9.69 Å². The number of nitrogens with zero attached hydrogens (tertiary/aromatic N) is 2. The molecule has 0 bridgehead atoms. The molecule has 2 heterocycles. The molecule has 21 heavy (non-hydrogen) atoms. The summed E-state index contributed by atoms with van der Waals surface area (Å²) in [5, 5.41) is 1.11. The SMILES string of the molecule is Cc1cccc2c1N(C)C(=CC=C1SC(=S)N(C)C1=O)S2. The number of likely N-dealkylation sites (N-methyl/N-ethyl adjacent to an activating group) is 1. The third-order valence-electron chi connectivity index (χ3n) is 3.45. The van der Waals surface area contributed by atoms with Gasteiger partial charge in [0.15, 0.2) is 0 Å². The first-order valence-electron chi connectivity index (χ1n) is 6.42. The molecule has 0 N–H and O–H groups in total. The summed E-state index contributed by atoms with van der Waals surface area (Å²) in [7, 11) is 3.76. The highest BCUT2D eigenvalue weighted by molar-refractivity contribution is 8.26. The van der Waals surface area contributed by atoms with E-state index in [-0.39, 0.29) is 5.91 Å². The van der Waals surface area contributed by atoms with E-state index in [0.717, 1.165) is 5.03 Å². The minimum atomic E-state index is -0.0267. The zero-order valence-electron chi connectivity index (χ0n) is 11.9. The summed E-state index contributed by atoms with van der Waals surface area (Å²) in [6, 6.07) is 6.30. The zero-order valence-corrected chi connectivity index (χ0v) is 14.4. The molecule has 1 saturated heterocycles. The smallest absolute Gasteiger partial charge is 0.265 e. The third kappa shape index (κ3) is 2.52. The van der Waals surface area contributed by atoms with Crippen LogP contribution in [0.5, 0.6) is 0 Å². The van der Waals surface area contributed by atoms with Crippen LogP contribution in [0.25, 0.3) is 0 Å². The van der Waals surface area contributed by atoms with Crippen LogP contribution in [-0.4, -0.2) is 29.2 Å². The van der Waals surface area contributed by atoms with E-state index < -0.39 is 0 Å². The molecule has 1 aromatic rings. The lowest BCUT2D eigenvalue weighted by Gasteiger charge is -2.15. The van der Waals surface area contributed by atoms with Crippen molar-refractivity contribution in [2.75, 3.05) is 19.0 Å². The molecule has 6 heteroatoms. The number of fused-ring (bicyclic) bond motifs is 1. The number of hydrogen-bond acceptors (Lipinski definition) is 5. The molecule has 108 valence electrons. The summed E-state index contributed by atoms with van der Waals surface area (Å²) in [6.07, 6.45) is 3.86. The summed E-state index contributed by atoms with van der Waals surface area (Å²) >= 11 is 8.20. The van der Waals surface area contributed by atoms with Gasteiger partial charge >= 0.3 is 0 Å². The maximum Gasteiger partial charge on any atom is 0.265 e. The normalized spacial score (nSPS) is 21.9. The maximum atomic E-state index is 12.0. The number of aryl methyl sites for hydroxylation is 1. The molecule has 2 aliphatic heterocycles. The number of thiocarbonyl (C=S) groups is 1. The minimum absolute atomic E-state index is 0.0267. The molecule has 1 aromatic carbocycles. The number of rotatable bonds is 1. The Morgan fingerprint density at radius 1 is 1.14 bits per heavy atom. The molecule has 0 spiro atoms. The Morgan fingerprint density at radius 3 is 2.52 bits per heavy atom. The highest BCUT2D eigenvalue weighted by atomic mass is 32.2. The van der Waals surface area contributed by atoms with E-state index in [4.69, 9.17) is 12.2 Å². The van der Waals surface area contributed by atoms with E-state index in [1.54, 1.807) is 18.8 Å². The second kappa shape index (κ2) is 5.51. The number of anilines is 1. The Balaban J connectivity index is 1.89. The second-order valence-electron chi connectivity index (χ2n) is 4.85. The van der Waals surface area contributed by atoms with Crippen molar-refractivity contribution in [3.8, 4) is 0 Å². The van der Waals surface area contributed by atoms with Crippen LogP contribution in [0.15, 0.2) is 45.2 Å². The van der Waals surface area contributed by atoms with Crippen molar-refractivity contribution >= 4 is 51.7 Å². The fourth-order valence-corrected chi connectivity index (χ4v) is 4.54. The van der Waals surface area contributed by atoms with Crippen LogP contribution in [0.4, 0.5) is 5.69 Å². The average Bonchev–Trinajstić information content (AvgIpc) is 2.90. The first kappa shape index (κ1) is 14.7. The average molecular weight is 334 g/mol. The van der Waals surface area contributed by atoms with Crippen LogP contribution >= 0.6 is 35.7 Å². The third-order valence-corrected chi connectivity index (χ3v) is 6.12. The standard InChI is InChI=1S/C15H14N2OS3/c1-9-5-4-6-10-13(9)16(2)12(20-10)8-7-11-14(18)17(3)15(19)21-11/h4-8H,1-3H3. The van der Waals surface area contributed by atoms with Crippen LogP contribution in [0.3, 0.4) is 0 Å². The van der Waals surface area contributed by atoms with Crippen LogP contribution in [-0.2, 0) is 4.79 Å². The fraction of sp³-hybridized carbons (Fsp3) is 0.200. The Kier molecular flexibility index (Phi) is 3.86. The van der Waals surface area contributed by atoms with Crippen LogP contribution < -0.4 is 4.90 Å². The van der Waals surface area contributed by atoms with Gasteiger partial charge in [-0.25, -0.2) is 0 Å². The Morgan fingerprint density at radius 2 is 1.90 bits per heavy atom. The van der Waals surface area contributed by atoms with Gasteiger partial charge in [0.2, 0.25) is 0 Å². The van der Waals surface area contributed by atoms with Gasteiger partial charge in [0.1, 0.15) is 4.32 Å². The monoisotopic (exact) mass is 334 g/mol. The van der Waals surface area contributed by atoms with Gasteiger partial charge in [0, 0.05) is 19.0 Å². The van der Waals surface area contributed by atoms with E-state index in [1.807, 2.05) is 12.2 Å². The molecule has 3 rings (SSSR count). The number of carbonyl (C=O) groups excluding carboxylic acids is 1. The van der Waals surface area contributed by atoms with E-state index >= 15 is 0 Å².